The van der Waals surface area contributed by atoms with Crippen molar-refractivity contribution in [3.63, 3.8) is 0 Å². The minimum absolute atomic E-state index is 0.114. The predicted octanol–water partition coefficient (Wildman–Crippen LogP) is 3.73. The zero-order chi connectivity index (χ0) is 15.6. The van der Waals surface area contributed by atoms with Gasteiger partial charge in [0.15, 0.2) is 10.9 Å². The van der Waals surface area contributed by atoms with Crippen LogP contribution in [0.2, 0.25) is 0 Å². The number of anilines is 1. The van der Waals surface area contributed by atoms with Gasteiger partial charge in [0.25, 0.3) is 0 Å². The Hall–Kier alpha value is -2.93. The number of nitrogens with zero attached hydrogens (tertiary/aromatic N) is 2. The zero-order valence-electron chi connectivity index (χ0n) is 11.9. The Labute approximate surface area is 134 Å². The molecule has 23 heavy (non-hydrogen) atoms. The molecule has 0 bridgehead atoms. The Balaban J connectivity index is 1.51. The number of furan rings is 1. The first-order valence-electron chi connectivity index (χ1n) is 6.92. The molecule has 6 nitrogen and oxygen atoms in total. The van der Waals surface area contributed by atoms with Crippen LogP contribution in [-0.4, -0.2) is 16.0 Å². The number of carbonyl (C=O) groups is 1. The van der Waals surface area contributed by atoms with Crippen molar-refractivity contribution in [3.8, 4) is 11.5 Å². The second kappa shape index (κ2) is 5.69. The van der Waals surface area contributed by atoms with E-state index < -0.39 is 0 Å². The molecular weight excluding hydrogens is 314 g/mol. The van der Waals surface area contributed by atoms with Crippen LogP contribution in [0.1, 0.15) is 5.69 Å². The van der Waals surface area contributed by atoms with Gasteiger partial charge in [0, 0.05) is 23.0 Å². The maximum absolute atomic E-state index is 11.9. The third-order valence-corrected chi connectivity index (χ3v) is 3.94. The molecule has 0 unspecified atom stereocenters. The topological polar surface area (TPSA) is 81.2 Å². The lowest BCUT2D eigenvalue weighted by molar-refractivity contribution is -0.115. The summed E-state index contributed by atoms with van der Waals surface area (Å²) >= 11 is 1.36. The molecule has 0 aliphatic rings. The predicted molar refractivity (Wildman–Crippen MR) is 86.2 cm³/mol. The lowest BCUT2D eigenvalue weighted by Gasteiger charge is -1.97. The van der Waals surface area contributed by atoms with Crippen molar-refractivity contribution in [2.24, 2.45) is 0 Å². The fourth-order valence-electron chi connectivity index (χ4n) is 2.23. The minimum Gasteiger partial charge on any atom is -0.453 e. The molecule has 0 atom stereocenters. The maximum atomic E-state index is 11.9. The van der Waals surface area contributed by atoms with E-state index in [1.54, 1.807) is 17.6 Å². The summed E-state index contributed by atoms with van der Waals surface area (Å²) in [7, 11) is 0. The van der Waals surface area contributed by atoms with Crippen LogP contribution >= 0.6 is 11.3 Å². The van der Waals surface area contributed by atoms with Crippen LogP contribution in [0.3, 0.4) is 0 Å². The minimum atomic E-state index is -0.190. The van der Waals surface area contributed by atoms with E-state index in [9.17, 15) is 4.79 Å². The molecule has 4 rings (SSSR count). The lowest BCUT2D eigenvalue weighted by Crippen LogP contribution is -2.14. The van der Waals surface area contributed by atoms with Crippen molar-refractivity contribution in [3.05, 3.63) is 53.7 Å². The van der Waals surface area contributed by atoms with Gasteiger partial charge in [-0.1, -0.05) is 23.4 Å². The highest BCUT2D eigenvalue weighted by atomic mass is 32.1. The molecule has 3 aromatic heterocycles. The van der Waals surface area contributed by atoms with Crippen molar-refractivity contribution < 1.29 is 13.7 Å². The molecule has 0 aliphatic heterocycles. The van der Waals surface area contributed by atoms with E-state index in [-0.39, 0.29) is 12.3 Å². The van der Waals surface area contributed by atoms with Gasteiger partial charge in [-0.2, -0.15) is 0 Å². The smallest absolute Gasteiger partial charge is 0.232 e. The van der Waals surface area contributed by atoms with Crippen LogP contribution in [0, 0.1) is 0 Å². The number of fused-ring (bicyclic) bond motifs is 1. The quantitative estimate of drug-likeness (QED) is 0.618. The van der Waals surface area contributed by atoms with Crippen molar-refractivity contribution >= 4 is 33.3 Å². The van der Waals surface area contributed by atoms with Crippen molar-refractivity contribution in [2.45, 2.75) is 6.42 Å². The normalized spacial score (nSPS) is 11.0. The van der Waals surface area contributed by atoms with Crippen LogP contribution in [-0.2, 0) is 11.2 Å². The van der Waals surface area contributed by atoms with E-state index >= 15 is 0 Å². The van der Waals surface area contributed by atoms with Gasteiger partial charge in [-0.05, 0) is 12.1 Å². The molecule has 7 heteroatoms. The summed E-state index contributed by atoms with van der Waals surface area (Å²) < 4.78 is 11.0. The van der Waals surface area contributed by atoms with Gasteiger partial charge in [-0.25, -0.2) is 4.98 Å². The standard InChI is InChI=1S/C16H11N3O3S/c20-15(18-16-17-5-6-23-16)9-11-8-14(22-19-11)13-7-10-3-1-2-4-12(10)21-13/h1-8H,9H2,(H,17,18,20). The number of hydrogen-bond donors (Lipinski definition) is 1. The Morgan fingerprint density at radius 3 is 2.96 bits per heavy atom. The fraction of sp³-hybridized carbons (Fsp3) is 0.0625. The van der Waals surface area contributed by atoms with Gasteiger partial charge in [0.05, 0.1) is 12.1 Å². The monoisotopic (exact) mass is 325 g/mol. The number of amides is 1. The largest absolute Gasteiger partial charge is 0.453 e. The first-order chi connectivity index (χ1) is 11.3. The van der Waals surface area contributed by atoms with E-state index in [0.29, 0.717) is 22.3 Å². The third-order valence-electron chi connectivity index (χ3n) is 3.25. The van der Waals surface area contributed by atoms with Crippen molar-refractivity contribution in [1.82, 2.24) is 10.1 Å². The summed E-state index contributed by atoms with van der Waals surface area (Å²) in [5.41, 5.74) is 1.32. The highest BCUT2D eigenvalue weighted by molar-refractivity contribution is 7.13. The molecule has 1 aromatic carbocycles. The van der Waals surface area contributed by atoms with Gasteiger partial charge in [0.1, 0.15) is 5.58 Å². The van der Waals surface area contributed by atoms with Crippen molar-refractivity contribution in [1.29, 1.82) is 0 Å². The molecule has 4 aromatic rings. The molecule has 1 amide bonds. The Morgan fingerprint density at radius 2 is 2.13 bits per heavy atom. The fourth-order valence-corrected chi connectivity index (χ4v) is 2.77. The number of carbonyl (C=O) groups excluding carboxylic acids is 1. The van der Waals surface area contributed by atoms with Crippen LogP contribution in [0.25, 0.3) is 22.5 Å². The lowest BCUT2D eigenvalue weighted by atomic mass is 10.2. The Kier molecular flexibility index (Phi) is 3.39. The molecule has 0 radical (unpaired) electrons. The van der Waals surface area contributed by atoms with E-state index in [4.69, 9.17) is 8.94 Å². The van der Waals surface area contributed by atoms with Gasteiger partial charge in [0.2, 0.25) is 11.7 Å². The molecular formula is C16H11N3O3S. The molecule has 3 heterocycles. The summed E-state index contributed by atoms with van der Waals surface area (Å²) in [6.45, 7) is 0. The summed E-state index contributed by atoms with van der Waals surface area (Å²) in [5, 5.41) is 9.97. The number of rotatable bonds is 4. The number of hydrogen-bond acceptors (Lipinski definition) is 6. The van der Waals surface area contributed by atoms with Crippen LogP contribution < -0.4 is 5.32 Å². The second-order valence-corrected chi connectivity index (χ2v) is 5.79. The number of para-hydroxylation sites is 1. The Bertz CT molecular complexity index is 923. The summed E-state index contributed by atoms with van der Waals surface area (Å²) in [5.74, 6) is 0.896. The summed E-state index contributed by atoms with van der Waals surface area (Å²) in [6, 6.07) is 11.3. The highest BCUT2D eigenvalue weighted by Crippen LogP contribution is 2.28. The molecule has 0 saturated heterocycles. The van der Waals surface area contributed by atoms with E-state index in [1.165, 1.54) is 11.3 Å². The zero-order valence-corrected chi connectivity index (χ0v) is 12.7. The average Bonchev–Trinajstić information content (AvgIpc) is 3.26. The Morgan fingerprint density at radius 1 is 1.22 bits per heavy atom. The van der Waals surface area contributed by atoms with Crippen LogP contribution in [0.15, 0.2) is 56.9 Å². The third kappa shape index (κ3) is 2.86. The van der Waals surface area contributed by atoms with Crippen LogP contribution in [0.5, 0.6) is 0 Å². The second-order valence-electron chi connectivity index (χ2n) is 4.89. The van der Waals surface area contributed by atoms with E-state index in [0.717, 1.165) is 11.0 Å². The molecule has 0 fully saturated rings. The van der Waals surface area contributed by atoms with Crippen molar-refractivity contribution in [2.75, 3.05) is 5.32 Å². The number of nitrogens with one attached hydrogen (secondary N) is 1. The number of benzene rings is 1. The summed E-state index contributed by atoms with van der Waals surface area (Å²) in [6.07, 6.45) is 1.75. The van der Waals surface area contributed by atoms with E-state index in [2.05, 4.69) is 15.5 Å². The van der Waals surface area contributed by atoms with Gasteiger partial charge >= 0.3 is 0 Å². The molecule has 0 saturated carbocycles. The SMILES string of the molecule is O=C(Cc1cc(-c2cc3ccccc3o2)on1)Nc1nccs1. The van der Waals surface area contributed by atoms with Gasteiger partial charge in [-0.15, -0.1) is 11.3 Å². The number of thiazole rings is 1. The average molecular weight is 325 g/mol. The van der Waals surface area contributed by atoms with Crippen LogP contribution in [0.4, 0.5) is 5.13 Å². The molecule has 0 aliphatic carbocycles. The molecule has 0 spiro atoms. The first-order valence-corrected chi connectivity index (χ1v) is 7.80. The highest BCUT2D eigenvalue weighted by Gasteiger charge is 2.14. The molecule has 1 N–H and O–H groups in total. The summed E-state index contributed by atoms with van der Waals surface area (Å²) in [4.78, 5) is 15.9. The van der Waals surface area contributed by atoms with Gasteiger partial charge < -0.3 is 14.3 Å². The van der Waals surface area contributed by atoms with Gasteiger partial charge in [-0.3, -0.25) is 4.79 Å². The maximum Gasteiger partial charge on any atom is 0.232 e. The first kappa shape index (κ1) is 13.7. The van der Waals surface area contributed by atoms with E-state index in [1.807, 2.05) is 30.3 Å². The number of aromatic nitrogens is 2. The molecule has 114 valence electrons.